The fourth-order valence-corrected chi connectivity index (χ4v) is 2.88. The SMILES string of the molecule is Cc1cc(NC(=O)CCn2ncc(Br)c2C)nn1Cc1ccccc1F. The van der Waals surface area contributed by atoms with Crippen LogP contribution in [0.2, 0.25) is 0 Å². The molecule has 0 aliphatic heterocycles. The van der Waals surface area contributed by atoms with Crippen LogP contribution in [-0.4, -0.2) is 25.5 Å². The number of carbonyl (C=O) groups is 1. The molecule has 3 aromatic rings. The maximum absolute atomic E-state index is 13.8. The van der Waals surface area contributed by atoms with Gasteiger partial charge in [-0.2, -0.15) is 10.2 Å². The van der Waals surface area contributed by atoms with Gasteiger partial charge in [0, 0.05) is 29.4 Å². The molecule has 136 valence electrons. The molecule has 0 atom stereocenters. The lowest BCUT2D eigenvalue weighted by Gasteiger charge is -2.06. The molecule has 0 saturated heterocycles. The monoisotopic (exact) mass is 419 g/mol. The zero-order valence-corrected chi connectivity index (χ0v) is 16.1. The molecule has 0 aliphatic rings. The van der Waals surface area contributed by atoms with E-state index in [4.69, 9.17) is 0 Å². The van der Waals surface area contributed by atoms with Gasteiger partial charge in [0.15, 0.2) is 5.82 Å². The van der Waals surface area contributed by atoms with Crippen molar-refractivity contribution in [1.29, 1.82) is 0 Å². The van der Waals surface area contributed by atoms with Crippen LogP contribution in [0.25, 0.3) is 0 Å². The van der Waals surface area contributed by atoms with Gasteiger partial charge < -0.3 is 5.32 Å². The summed E-state index contributed by atoms with van der Waals surface area (Å²) in [4.78, 5) is 12.2. The largest absolute Gasteiger partial charge is 0.309 e. The number of aryl methyl sites for hydroxylation is 2. The Morgan fingerprint density at radius 1 is 1.27 bits per heavy atom. The predicted molar refractivity (Wildman–Crippen MR) is 100 cm³/mol. The van der Waals surface area contributed by atoms with Gasteiger partial charge in [-0.3, -0.25) is 14.2 Å². The molecule has 0 saturated carbocycles. The fraction of sp³-hybridized carbons (Fsp3) is 0.278. The van der Waals surface area contributed by atoms with E-state index in [2.05, 4.69) is 31.4 Å². The molecular weight excluding hydrogens is 401 g/mol. The number of aromatic nitrogens is 4. The summed E-state index contributed by atoms with van der Waals surface area (Å²) >= 11 is 3.40. The van der Waals surface area contributed by atoms with Gasteiger partial charge in [-0.05, 0) is 35.8 Å². The first-order valence-electron chi connectivity index (χ1n) is 8.19. The van der Waals surface area contributed by atoms with Gasteiger partial charge in [-0.1, -0.05) is 18.2 Å². The van der Waals surface area contributed by atoms with Crippen molar-refractivity contribution in [1.82, 2.24) is 19.6 Å². The zero-order valence-electron chi connectivity index (χ0n) is 14.5. The molecular formula is C18H19BrFN5O. The number of carbonyl (C=O) groups excluding carboxylic acids is 1. The third-order valence-electron chi connectivity index (χ3n) is 4.12. The molecule has 3 rings (SSSR count). The summed E-state index contributed by atoms with van der Waals surface area (Å²) in [6.45, 7) is 4.60. The predicted octanol–water partition coefficient (Wildman–Crippen LogP) is 3.68. The maximum atomic E-state index is 13.8. The molecule has 2 aromatic heterocycles. The normalized spacial score (nSPS) is 10.9. The van der Waals surface area contributed by atoms with E-state index in [0.717, 1.165) is 15.9 Å². The van der Waals surface area contributed by atoms with E-state index in [1.165, 1.54) is 6.07 Å². The third-order valence-corrected chi connectivity index (χ3v) is 4.90. The van der Waals surface area contributed by atoms with Gasteiger partial charge in [0.2, 0.25) is 5.91 Å². The highest BCUT2D eigenvalue weighted by molar-refractivity contribution is 9.10. The van der Waals surface area contributed by atoms with E-state index in [1.807, 2.05) is 13.8 Å². The number of benzene rings is 1. The van der Waals surface area contributed by atoms with Crippen LogP contribution in [0.5, 0.6) is 0 Å². The van der Waals surface area contributed by atoms with Crippen LogP contribution in [0.15, 0.2) is 41.0 Å². The first-order chi connectivity index (χ1) is 12.4. The summed E-state index contributed by atoms with van der Waals surface area (Å²) < 4.78 is 18.2. The minimum absolute atomic E-state index is 0.147. The molecule has 0 radical (unpaired) electrons. The summed E-state index contributed by atoms with van der Waals surface area (Å²) in [5.41, 5.74) is 2.37. The zero-order chi connectivity index (χ0) is 18.7. The second-order valence-electron chi connectivity index (χ2n) is 6.02. The third kappa shape index (κ3) is 4.19. The molecule has 0 unspecified atom stereocenters. The number of rotatable bonds is 6. The van der Waals surface area contributed by atoms with E-state index in [9.17, 15) is 9.18 Å². The van der Waals surface area contributed by atoms with E-state index in [1.54, 1.807) is 39.8 Å². The van der Waals surface area contributed by atoms with Crippen LogP contribution in [0.1, 0.15) is 23.4 Å². The Labute approximate surface area is 159 Å². The topological polar surface area (TPSA) is 64.7 Å². The number of hydrogen-bond acceptors (Lipinski definition) is 3. The quantitative estimate of drug-likeness (QED) is 0.662. The highest BCUT2D eigenvalue weighted by atomic mass is 79.9. The van der Waals surface area contributed by atoms with Gasteiger partial charge in [-0.15, -0.1) is 0 Å². The lowest BCUT2D eigenvalue weighted by atomic mass is 10.2. The Hall–Kier alpha value is -2.48. The molecule has 0 fully saturated rings. The molecule has 1 N–H and O–H groups in total. The van der Waals surface area contributed by atoms with Crippen LogP contribution in [0, 0.1) is 19.7 Å². The first-order valence-corrected chi connectivity index (χ1v) is 8.99. The van der Waals surface area contributed by atoms with Crippen molar-refractivity contribution in [2.24, 2.45) is 0 Å². The van der Waals surface area contributed by atoms with Crippen LogP contribution < -0.4 is 5.32 Å². The molecule has 26 heavy (non-hydrogen) atoms. The number of anilines is 1. The summed E-state index contributed by atoms with van der Waals surface area (Å²) in [5.74, 6) is 0.0440. The van der Waals surface area contributed by atoms with Crippen LogP contribution in [-0.2, 0) is 17.9 Å². The van der Waals surface area contributed by atoms with E-state index in [0.29, 0.717) is 24.5 Å². The second-order valence-corrected chi connectivity index (χ2v) is 6.87. The average molecular weight is 420 g/mol. The van der Waals surface area contributed by atoms with Crippen molar-refractivity contribution >= 4 is 27.7 Å². The lowest BCUT2D eigenvalue weighted by Crippen LogP contribution is -2.16. The molecule has 0 aliphatic carbocycles. The Bertz CT molecular complexity index is 934. The van der Waals surface area contributed by atoms with Crippen molar-refractivity contribution in [3.05, 3.63) is 63.8 Å². The Morgan fingerprint density at radius 2 is 2.04 bits per heavy atom. The minimum atomic E-state index is -0.270. The molecule has 8 heteroatoms. The van der Waals surface area contributed by atoms with E-state index in [-0.39, 0.29) is 18.1 Å². The summed E-state index contributed by atoms with van der Waals surface area (Å²) in [7, 11) is 0. The lowest BCUT2D eigenvalue weighted by molar-refractivity contribution is -0.116. The van der Waals surface area contributed by atoms with Gasteiger partial charge in [-0.25, -0.2) is 4.39 Å². The summed E-state index contributed by atoms with van der Waals surface area (Å²) in [6.07, 6.45) is 2.00. The summed E-state index contributed by atoms with van der Waals surface area (Å²) in [6, 6.07) is 8.36. The number of nitrogens with zero attached hydrogens (tertiary/aromatic N) is 4. The van der Waals surface area contributed by atoms with Crippen LogP contribution in [0.3, 0.4) is 0 Å². The van der Waals surface area contributed by atoms with E-state index >= 15 is 0 Å². The minimum Gasteiger partial charge on any atom is -0.309 e. The molecule has 1 amide bonds. The van der Waals surface area contributed by atoms with Crippen LogP contribution >= 0.6 is 15.9 Å². The average Bonchev–Trinajstić information content (AvgIpc) is 3.11. The Balaban J connectivity index is 1.61. The standard InChI is InChI=1S/C18H19BrFN5O/c1-12-9-17(23-25(12)11-14-5-3-4-6-16(14)20)22-18(26)7-8-24-13(2)15(19)10-21-24/h3-6,9-10H,7-8,11H2,1-2H3,(H,22,23,26). The molecule has 0 spiro atoms. The molecule has 6 nitrogen and oxygen atoms in total. The highest BCUT2D eigenvalue weighted by Crippen LogP contribution is 2.16. The smallest absolute Gasteiger partial charge is 0.227 e. The Morgan fingerprint density at radius 3 is 2.73 bits per heavy atom. The summed E-state index contributed by atoms with van der Waals surface area (Å²) in [5, 5.41) is 11.3. The number of amides is 1. The van der Waals surface area contributed by atoms with Gasteiger partial charge in [0.25, 0.3) is 0 Å². The van der Waals surface area contributed by atoms with Crippen molar-refractivity contribution in [3.63, 3.8) is 0 Å². The maximum Gasteiger partial charge on any atom is 0.227 e. The van der Waals surface area contributed by atoms with E-state index < -0.39 is 0 Å². The van der Waals surface area contributed by atoms with Crippen molar-refractivity contribution in [3.8, 4) is 0 Å². The number of hydrogen-bond donors (Lipinski definition) is 1. The van der Waals surface area contributed by atoms with Gasteiger partial charge in [0.05, 0.1) is 23.8 Å². The van der Waals surface area contributed by atoms with Gasteiger partial charge >= 0.3 is 0 Å². The highest BCUT2D eigenvalue weighted by Gasteiger charge is 2.11. The van der Waals surface area contributed by atoms with Crippen molar-refractivity contribution in [2.75, 3.05) is 5.32 Å². The van der Waals surface area contributed by atoms with Gasteiger partial charge in [0.1, 0.15) is 5.82 Å². The number of nitrogens with one attached hydrogen (secondary N) is 1. The van der Waals surface area contributed by atoms with Crippen molar-refractivity contribution < 1.29 is 9.18 Å². The van der Waals surface area contributed by atoms with Crippen LogP contribution in [0.4, 0.5) is 10.2 Å². The fourth-order valence-electron chi connectivity index (χ4n) is 2.58. The molecule has 2 heterocycles. The second kappa shape index (κ2) is 7.82. The molecule has 1 aromatic carbocycles. The molecule has 0 bridgehead atoms. The first kappa shape index (κ1) is 18.3. The number of halogens is 2. The van der Waals surface area contributed by atoms with Crippen molar-refractivity contribution in [2.45, 2.75) is 33.4 Å². The Kier molecular flexibility index (Phi) is 5.51.